The smallest absolute Gasteiger partial charge is 0.416 e. The van der Waals surface area contributed by atoms with Gasteiger partial charge in [0, 0.05) is 30.1 Å². The van der Waals surface area contributed by atoms with Crippen LogP contribution in [0.1, 0.15) is 22.5 Å². The number of esters is 1. The van der Waals surface area contributed by atoms with Crippen LogP contribution in [0, 0.1) is 13.8 Å². The molecule has 9 heteroatoms. The van der Waals surface area contributed by atoms with Crippen LogP contribution < -0.4 is 5.32 Å². The second kappa shape index (κ2) is 8.07. The zero-order valence-electron chi connectivity index (χ0n) is 14.9. The summed E-state index contributed by atoms with van der Waals surface area (Å²) in [5.41, 5.74) is 1.44. The molecule has 2 aromatic rings. The monoisotopic (exact) mass is 381 g/mol. The second-order valence-electron chi connectivity index (χ2n) is 5.78. The molecule has 27 heavy (non-hydrogen) atoms. The van der Waals surface area contributed by atoms with Gasteiger partial charge in [-0.3, -0.25) is 9.48 Å². The van der Waals surface area contributed by atoms with Crippen molar-refractivity contribution < 1.29 is 27.5 Å². The number of hydrogen-bond acceptors (Lipinski definition) is 4. The van der Waals surface area contributed by atoms with Gasteiger partial charge in [0.25, 0.3) is 5.91 Å². The van der Waals surface area contributed by atoms with Crippen molar-refractivity contribution in [1.82, 2.24) is 9.78 Å². The Bertz CT molecular complexity index is 886. The number of amides is 1. The predicted octanol–water partition coefficient (Wildman–Crippen LogP) is 3.25. The number of alkyl halides is 3. The fourth-order valence-corrected chi connectivity index (χ4v) is 2.34. The molecule has 0 atom stereocenters. The maximum absolute atomic E-state index is 12.6. The highest BCUT2D eigenvalue weighted by Gasteiger charge is 2.30. The lowest BCUT2D eigenvalue weighted by Crippen LogP contribution is -2.20. The molecule has 0 aliphatic rings. The molecule has 0 spiro atoms. The molecule has 0 unspecified atom stereocenters. The van der Waals surface area contributed by atoms with Gasteiger partial charge in [-0.2, -0.15) is 18.3 Å². The van der Waals surface area contributed by atoms with Gasteiger partial charge in [0.05, 0.1) is 11.3 Å². The Balaban J connectivity index is 1.90. The zero-order valence-corrected chi connectivity index (χ0v) is 14.9. The maximum Gasteiger partial charge on any atom is 0.416 e. The summed E-state index contributed by atoms with van der Waals surface area (Å²) in [6.45, 7) is 3.01. The topological polar surface area (TPSA) is 73.2 Å². The molecular formula is C18H18F3N3O3. The number of hydrogen-bond donors (Lipinski definition) is 1. The molecule has 1 N–H and O–H groups in total. The Morgan fingerprint density at radius 2 is 2.00 bits per heavy atom. The zero-order chi connectivity index (χ0) is 20.2. The lowest BCUT2D eigenvalue weighted by atomic mass is 10.2. The summed E-state index contributed by atoms with van der Waals surface area (Å²) in [5.74, 6) is -1.50. The summed E-state index contributed by atoms with van der Waals surface area (Å²) < 4.78 is 44.4. The van der Waals surface area contributed by atoms with Crippen molar-refractivity contribution >= 4 is 23.6 Å². The molecule has 144 valence electrons. The van der Waals surface area contributed by atoms with Gasteiger partial charge in [0.2, 0.25) is 0 Å². The van der Waals surface area contributed by atoms with E-state index in [9.17, 15) is 22.8 Å². The summed E-state index contributed by atoms with van der Waals surface area (Å²) in [6, 6.07) is 4.17. The molecule has 1 amide bonds. The van der Waals surface area contributed by atoms with E-state index >= 15 is 0 Å². The van der Waals surface area contributed by atoms with Gasteiger partial charge in [-0.1, -0.05) is 6.07 Å². The molecule has 0 saturated carbocycles. The number of carbonyl (C=O) groups is 2. The number of anilines is 1. The SMILES string of the molecule is Cc1nn(C)c(C)c1/C=C/C(=O)OCC(=O)Nc1cccc(C(F)(F)F)c1. The van der Waals surface area contributed by atoms with E-state index in [0.717, 1.165) is 35.2 Å². The van der Waals surface area contributed by atoms with Gasteiger partial charge in [-0.25, -0.2) is 4.79 Å². The van der Waals surface area contributed by atoms with E-state index in [2.05, 4.69) is 10.4 Å². The number of nitrogens with zero attached hydrogens (tertiary/aromatic N) is 2. The van der Waals surface area contributed by atoms with Crippen molar-refractivity contribution in [2.45, 2.75) is 20.0 Å². The van der Waals surface area contributed by atoms with Crippen molar-refractivity contribution in [2.24, 2.45) is 7.05 Å². The fourth-order valence-electron chi connectivity index (χ4n) is 2.34. The van der Waals surface area contributed by atoms with Crippen LogP contribution in [0.4, 0.5) is 18.9 Å². The first-order valence-electron chi connectivity index (χ1n) is 7.90. The van der Waals surface area contributed by atoms with E-state index in [4.69, 9.17) is 4.74 Å². The molecular weight excluding hydrogens is 363 g/mol. The third kappa shape index (κ3) is 5.44. The molecule has 0 saturated heterocycles. The van der Waals surface area contributed by atoms with Crippen LogP contribution in [0.25, 0.3) is 6.08 Å². The van der Waals surface area contributed by atoms with E-state index in [1.54, 1.807) is 18.7 Å². The van der Waals surface area contributed by atoms with E-state index < -0.39 is 30.2 Å². The maximum atomic E-state index is 12.6. The summed E-state index contributed by atoms with van der Waals surface area (Å²) in [7, 11) is 1.77. The minimum atomic E-state index is -4.51. The fraction of sp³-hybridized carbons (Fsp3) is 0.278. The number of carbonyl (C=O) groups excluding carboxylic acids is 2. The molecule has 1 aromatic carbocycles. The number of rotatable bonds is 5. The molecule has 0 aliphatic carbocycles. The summed E-state index contributed by atoms with van der Waals surface area (Å²) >= 11 is 0. The third-order valence-electron chi connectivity index (χ3n) is 3.77. The molecule has 0 aliphatic heterocycles. The number of benzene rings is 1. The Kier molecular flexibility index (Phi) is 6.04. The van der Waals surface area contributed by atoms with Crippen LogP contribution in [0.5, 0.6) is 0 Å². The molecule has 6 nitrogen and oxygen atoms in total. The summed E-state index contributed by atoms with van der Waals surface area (Å²) in [6.07, 6.45) is -1.82. The first-order valence-corrected chi connectivity index (χ1v) is 7.90. The first kappa shape index (κ1) is 20.2. The molecule has 0 fully saturated rings. The number of aromatic nitrogens is 2. The third-order valence-corrected chi connectivity index (χ3v) is 3.77. The van der Waals surface area contributed by atoms with Crippen molar-refractivity contribution in [3.63, 3.8) is 0 Å². The number of ether oxygens (including phenoxy) is 1. The van der Waals surface area contributed by atoms with Crippen LogP contribution in [0.15, 0.2) is 30.3 Å². The van der Waals surface area contributed by atoms with E-state index in [1.165, 1.54) is 18.2 Å². The van der Waals surface area contributed by atoms with Crippen LogP contribution in [0.2, 0.25) is 0 Å². The van der Waals surface area contributed by atoms with Gasteiger partial charge in [-0.05, 0) is 38.1 Å². The number of nitrogens with one attached hydrogen (secondary N) is 1. The lowest BCUT2D eigenvalue weighted by Gasteiger charge is -2.09. The lowest BCUT2D eigenvalue weighted by molar-refractivity contribution is -0.142. The molecule has 2 rings (SSSR count). The first-order chi connectivity index (χ1) is 12.6. The predicted molar refractivity (Wildman–Crippen MR) is 92.7 cm³/mol. The van der Waals surface area contributed by atoms with Gasteiger partial charge >= 0.3 is 12.1 Å². The Labute approximate surface area is 153 Å². The van der Waals surface area contributed by atoms with Gasteiger partial charge in [-0.15, -0.1) is 0 Å². The summed E-state index contributed by atoms with van der Waals surface area (Å²) in [5, 5.41) is 6.45. The van der Waals surface area contributed by atoms with Gasteiger partial charge in [0.15, 0.2) is 6.61 Å². The van der Waals surface area contributed by atoms with Crippen molar-refractivity contribution in [1.29, 1.82) is 0 Å². The largest absolute Gasteiger partial charge is 0.452 e. The van der Waals surface area contributed by atoms with E-state index in [-0.39, 0.29) is 5.69 Å². The van der Waals surface area contributed by atoms with Crippen molar-refractivity contribution in [2.75, 3.05) is 11.9 Å². The van der Waals surface area contributed by atoms with Crippen molar-refractivity contribution in [3.8, 4) is 0 Å². The number of aryl methyl sites for hydroxylation is 2. The van der Waals surface area contributed by atoms with Crippen LogP contribution in [-0.4, -0.2) is 28.3 Å². The minimum Gasteiger partial charge on any atom is -0.452 e. The second-order valence-corrected chi connectivity index (χ2v) is 5.78. The Hall–Kier alpha value is -3.10. The van der Waals surface area contributed by atoms with Crippen LogP contribution >= 0.6 is 0 Å². The molecule has 0 radical (unpaired) electrons. The van der Waals surface area contributed by atoms with Gasteiger partial charge in [0.1, 0.15) is 0 Å². The average Bonchev–Trinajstić information content (AvgIpc) is 2.83. The molecule has 1 aromatic heterocycles. The van der Waals surface area contributed by atoms with E-state index in [1.807, 2.05) is 6.92 Å². The Morgan fingerprint density at radius 1 is 1.30 bits per heavy atom. The van der Waals surface area contributed by atoms with Gasteiger partial charge < -0.3 is 10.1 Å². The average molecular weight is 381 g/mol. The van der Waals surface area contributed by atoms with Crippen LogP contribution in [-0.2, 0) is 27.5 Å². The minimum absolute atomic E-state index is 0.0389. The molecule has 0 bridgehead atoms. The Morgan fingerprint density at radius 3 is 2.59 bits per heavy atom. The summed E-state index contributed by atoms with van der Waals surface area (Å²) in [4.78, 5) is 23.5. The highest BCUT2D eigenvalue weighted by Crippen LogP contribution is 2.30. The highest BCUT2D eigenvalue weighted by molar-refractivity contribution is 5.94. The molecule has 1 heterocycles. The van der Waals surface area contributed by atoms with E-state index in [0.29, 0.717) is 0 Å². The number of halogens is 3. The van der Waals surface area contributed by atoms with Crippen molar-refractivity contribution in [3.05, 3.63) is 52.9 Å². The highest BCUT2D eigenvalue weighted by atomic mass is 19.4. The normalized spacial score (nSPS) is 11.6. The quantitative estimate of drug-likeness (QED) is 0.637. The standard InChI is InChI=1S/C18H18F3N3O3/c1-11-15(12(2)24(3)23-11)7-8-17(26)27-10-16(25)22-14-6-4-5-13(9-14)18(19,20)21/h4-9H,10H2,1-3H3,(H,22,25)/b8-7+. The van der Waals surface area contributed by atoms with Crippen LogP contribution in [0.3, 0.4) is 0 Å².